The van der Waals surface area contributed by atoms with Gasteiger partial charge in [0.2, 0.25) is 0 Å². The third kappa shape index (κ3) is 2.97. The molecule has 0 unspecified atom stereocenters. The molecule has 0 spiro atoms. The summed E-state index contributed by atoms with van der Waals surface area (Å²) in [6, 6.07) is 8.75. The summed E-state index contributed by atoms with van der Waals surface area (Å²) in [6.07, 6.45) is 1.73. The molecule has 0 amide bonds. The van der Waals surface area contributed by atoms with Gasteiger partial charge in [0.15, 0.2) is 0 Å². The number of pyridine rings is 1. The Morgan fingerprint density at radius 2 is 1.94 bits per heavy atom. The lowest BCUT2D eigenvalue weighted by Gasteiger charge is -2.09. The first-order valence-electron chi connectivity index (χ1n) is 5.92. The summed E-state index contributed by atoms with van der Waals surface area (Å²) in [4.78, 5) is 4.19. The van der Waals surface area contributed by atoms with Gasteiger partial charge in [0.05, 0.1) is 0 Å². The summed E-state index contributed by atoms with van der Waals surface area (Å²) in [5, 5.41) is 6.37. The van der Waals surface area contributed by atoms with Crippen molar-refractivity contribution in [2.45, 2.75) is 13.8 Å². The monoisotopic (exact) mass is 245 g/mol. The second kappa shape index (κ2) is 5.49. The highest BCUT2D eigenvalue weighted by molar-refractivity contribution is 5.62. The first kappa shape index (κ1) is 12.4. The Bertz CT molecular complexity index is 540. The van der Waals surface area contributed by atoms with Gasteiger partial charge in [-0.3, -0.25) is 0 Å². The molecule has 0 fully saturated rings. The van der Waals surface area contributed by atoms with Crippen LogP contribution in [0.25, 0.3) is 0 Å². The van der Waals surface area contributed by atoms with E-state index < -0.39 is 0 Å². The highest BCUT2D eigenvalue weighted by Crippen LogP contribution is 2.20. The Labute approximate surface area is 106 Å². The normalized spacial score (nSPS) is 10.2. The molecule has 0 radical (unpaired) electrons. The molecule has 1 aromatic heterocycles. The molecule has 0 bridgehead atoms. The van der Waals surface area contributed by atoms with Crippen molar-refractivity contribution in [3.8, 4) is 0 Å². The SMILES string of the molecule is CCNc1cc(Nc2ccc(F)c(C)c2)ccn1. The zero-order valence-electron chi connectivity index (χ0n) is 10.5. The van der Waals surface area contributed by atoms with E-state index in [-0.39, 0.29) is 5.82 Å². The van der Waals surface area contributed by atoms with Crippen LogP contribution in [0.3, 0.4) is 0 Å². The standard InChI is InChI=1S/C14H16FN3/c1-3-16-14-9-12(6-7-17-14)18-11-4-5-13(15)10(2)8-11/h4-9H,3H2,1-2H3,(H2,16,17,18). The second-order valence-corrected chi connectivity index (χ2v) is 4.05. The maximum Gasteiger partial charge on any atom is 0.127 e. The number of benzene rings is 1. The van der Waals surface area contributed by atoms with Crippen molar-refractivity contribution >= 4 is 17.2 Å². The number of nitrogens with zero attached hydrogens (tertiary/aromatic N) is 1. The maximum atomic E-state index is 13.2. The van der Waals surface area contributed by atoms with Crippen molar-refractivity contribution in [3.05, 3.63) is 47.9 Å². The quantitative estimate of drug-likeness (QED) is 0.862. The molecule has 0 saturated heterocycles. The molecule has 2 aromatic rings. The highest BCUT2D eigenvalue weighted by atomic mass is 19.1. The Morgan fingerprint density at radius 3 is 2.67 bits per heavy atom. The predicted molar refractivity (Wildman–Crippen MR) is 72.8 cm³/mol. The van der Waals surface area contributed by atoms with Gasteiger partial charge >= 0.3 is 0 Å². The lowest BCUT2D eigenvalue weighted by Crippen LogP contribution is -2.00. The summed E-state index contributed by atoms with van der Waals surface area (Å²) in [5.41, 5.74) is 2.41. The van der Waals surface area contributed by atoms with Crippen LogP contribution in [0.1, 0.15) is 12.5 Å². The number of hydrogen-bond acceptors (Lipinski definition) is 3. The maximum absolute atomic E-state index is 13.2. The third-order valence-electron chi connectivity index (χ3n) is 2.56. The number of aryl methyl sites for hydroxylation is 1. The molecule has 4 heteroatoms. The van der Waals surface area contributed by atoms with Crippen molar-refractivity contribution in [1.29, 1.82) is 0 Å². The number of halogens is 1. The van der Waals surface area contributed by atoms with Gasteiger partial charge in [-0.05, 0) is 43.7 Å². The molecule has 0 saturated carbocycles. The lowest BCUT2D eigenvalue weighted by molar-refractivity contribution is 0.619. The Kier molecular flexibility index (Phi) is 3.77. The summed E-state index contributed by atoms with van der Waals surface area (Å²) in [5.74, 6) is 0.630. The number of nitrogens with one attached hydrogen (secondary N) is 2. The van der Waals surface area contributed by atoms with Crippen LogP contribution in [0.2, 0.25) is 0 Å². The van der Waals surface area contributed by atoms with Crippen LogP contribution in [0.5, 0.6) is 0 Å². The fourth-order valence-corrected chi connectivity index (χ4v) is 1.68. The van der Waals surface area contributed by atoms with Crippen LogP contribution in [0.4, 0.5) is 21.6 Å². The molecule has 94 valence electrons. The average molecular weight is 245 g/mol. The molecule has 3 nitrogen and oxygen atoms in total. The van der Waals surface area contributed by atoms with Crippen LogP contribution >= 0.6 is 0 Å². The van der Waals surface area contributed by atoms with E-state index in [1.54, 1.807) is 25.3 Å². The van der Waals surface area contributed by atoms with Gasteiger partial charge in [0.1, 0.15) is 11.6 Å². The smallest absolute Gasteiger partial charge is 0.127 e. The minimum absolute atomic E-state index is 0.191. The van der Waals surface area contributed by atoms with E-state index in [0.29, 0.717) is 5.56 Å². The van der Waals surface area contributed by atoms with Crippen molar-refractivity contribution in [2.75, 3.05) is 17.2 Å². The zero-order valence-corrected chi connectivity index (χ0v) is 10.5. The molecule has 0 aliphatic carbocycles. The van der Waals surface area contributed by atoms with E-state index in [4.69, 9.17) is 0 Å². The summed E-state index contributed by atoms with van der Waals surface area (Å²) in [6.45, 7) is 4.59. The van der Waals surface area contributed by atoms with Crippen molar-refractivity contribution in [3.63, 3.8) is 0 Å². The van der Waals surface area contributed by atoms with E-state index in [1.165, 1.54) is 6.07 Å². The van der Waals surface area contributed by atoms with E-state index in [1.807, 2.05) is 19.1 Å². The highest BCUT2D eigenvalue weighted by Gasteiger charge is 2.00. The zero-order chi connectivity index (χ0) is 13.0. The van der Waals surface area contributed by atoms with Gasteiger partial charge in [-0.25, -0.2) is 9.37 Å². The molecule has 0 aliphatic heterocycles. The summed E-state index contributed by atoms with van der Waals surface area (Å²) < 4.78 is 13.2. The molecule has 2 rings (SSSR count). The number of anilines is 3. The van der Waals surface area contributed by atoms with Crippen LogP contribution in [0, 0.1) is 12.7 Å². The molecular formula is C14H16FN3. The van der Waals surface area contributed by atoms with Crippen LogP contribution in [-0.2, 0) is 0 Å². The van der Waals surface area contributed by atoms with Crippen molar-refractivity contribution < 1.29 is 4.39 Å². The van der Waals surface area contributed by atoms with Gasteiger partial charge in [-0.1, -0.05) is 0 Å². The minimum Gasteiger partial charge on any atom is -0.370 e. The fourth-order valence-electron chi connectivity index (χ4n) is 1.68. The van der Waals surface area contributed by atoms with Crippen LogP contribution in [0.15, 0.2) is 36.5 Å². The van der Waals surface area contributed by atoms with Gasteiger partial charge in [0, 0.05) is 30.2 Å². The average Bonchev–Trinajstić information content (AvgIpc) is 2.35. The van der Waals surface area contributed by atoms with E-state index in [2.05, 4.69) is 15.6 Å². The molecule has 1 aromatic carbocycles. The third-order valence-corrected chi connectivity index (χ3v) is 2.56. The molecule has 1 heterocycles. The first-order valence-corrected chi connectivity index (χ1v) is 5.92. The topological polar surface area (TPSA) is 37.0 Å². The Hall–Kier alpha value is -2.10. The summed E-state index contributed by atoms with van der Waals surface area (Å²) >= 11 is 0. The summed E-state index contributed by atoms with van der Waals surface area (Å²) in [7, 11) is 0. The number of rotatable bonds is 4. The van der Waals surface area contributed by atoms with Crippen molar-refractivity contribution in [2.24, 2.45) is 0 Å². The molecule has 0 aliphatic rings. The van der Waals surface area contributed by atoms with Gasteiger partial charge in [-0.2, -0.15) is 0 Å². The Morgan fingerprint density at radius 1 is 1.17 bits per heavy atom. The van der Waals surface area contributed by atoms with E-state index in [0.717, 1.165) is 23.7 Å². The lowest BCUT2D eigenvalue weighted by atomic mass is 10.2. The molecule has 2 N–H and O–H groups in total. The molecule has 18 heavy (non-hydrogen) atoms. The second-order valence-electron chi connectivity index (χ2n) is 4.05. The van der Waals surface area contributed by atoms with Crippen molar-refractivity contribution in [1.82, 2.24) is 4.98 Å². The number of aromatic nitrogens is 1. The first-order chi connectivity index (χ1) is 8.69. The van der Waals surface area contributed by atoms with E-state index in [9.17, 15) is 4.39 Å². The van der Waals surface area contributed by atoms with E-state index >= 15 is 0 Å². The largest absolute Gasteiger partial charge is 0.370 e. The number of hydrogen-bond donors (Lipinski definition) is 2. The molecular weight excluding hydrogens is 229 g/mol. The van der Waals surface area contributed by atoms with Gasteiger partial charge < -0.3 is 10.6 Å². The van der Waals surface area contributed by atoms with Crippen LogP contribution in [-0.4, -0.2) is 11.5 Å². The van der Waals surface area contributed by atoms with Gasteiger partial charge in [0.25, 0.3) is 0 Å². The van der Waals surface area contributed by atoms with Gasteiger partial charge in [-0.15, -0.1) is 0 Å². The predicted octanol–water partition coefficient (Wildman–Crippen LogP) is 3.70. The van der Waals surface area contributed by atoms with Crippen LogP contribution < -0.4 is 10.6 Å². The minimum atomic E-state index is -0.191. The fraction of sp³-hybridized carbons (Fsp3) is 0.214. The Balaban J connectivity index is 2.17. The molecule has 0 atom stereocenters.